The van der Waals surface area contributed by atoms with Gasteiger partial charge in [-0.3, -0.25) is 19.5 Å². The van der Waals surface area contributed by atoms with Crippen molar-refractivity contribution in [2.24, 2.45) is 0 Å². The fraction of sp³-hybridized carbons (Fsp3) is 0.439. The summed E-state index contributed by atoms with van der Waals surface area (Å²) < 4.78 is 46.9. The van der Waals surface area contributed by atoms with Crippen molar-refractivity contribution >= 4 is 17.9 Å². The highest BCUT2D eigenvalue weighted by atomic mass is 19.1. The number of aliphatic carboxylic acids is 2. The summed E-state index contributed by atoms with van der Waals surface area (Å²) in [5.41, 5.74) is 1.22. The van der Waals surface area contributed by atoms with Crippen molar-refractivity contribution in [3.05, 3.63) is 119 Å². The van der Waals surface area contributed by atoms with Gasteiger partial charge in [0.25, 0.3) is 0 Å². The molecule has 2 aliphatic heterocycles. The minimum atomic E-state index is -1.26. The van der Waals surface area contributed by atoms with Crippen LogP contribution in [0.2, 0.25) is 0 Å². The predicted octanol–water partition coefficient (Wildman–Crippen LogP) is 5.44. The van der Waals surface area contributed by atoms with E-state index >= 15 is 0 Å². The lowest BCUT2D eigenvalue weighted by atomic mass is 9.71. The van der Waals surface area contributed by atoms with Gasteiger partial charge in [-0.2, -0.15) is 0 Å². The Bertz CT molecular complexity index is 1610. The van der Waals surface area contributed by atoms with E-state index in [2.05, 4.69) is 33.4 Å². The molecule has 3 aromatic rings. The van der Waals surface area contributed by atoms with E-state index in [1.807, 2.05) is 12.1 Å². The molecule has 13 heteroatoms. The summed E-state index contributed by atoms with van der Waals surface area (Å²) in [6, 6.07) is 19.6. The number of carboxylic acids is 2. The number of halogens is 3. The molecule has 2 aliphatic rings. The van der Waals surface area contributed by atoms with Gasteiger partial charge in [0.2, 0.25) is 0 Å². The molecule has 2 saturated heterocycles. The summed E-state index contributed by atoms with van der Waals surface area (Å²) in [6.45, 7) is 13.8. The van der Waals surface area contributed by atoms with Crippen LogP contribution in [0.3, 0.4) is 0 Å². The maximum atomic E-state index is 13.9. The minimum absolute atomic E-state index is 0.202. The Morgan fingerprint density at radius 1 is 0.685 bits per heavy atom. The zero-order chi connectivity index (χ0) is 39.3. The van der Waals surface area contributed by atoms with E-state index < -0.39 is 23.3 Å². The standard InChI is InChI=1S/C37H47F3N4O2.C4H4O4/c1-28(2)43-23-25-44(26-24-43)35(29-5-11-32(38)12-6-29)27-42-21-19-41(20-22-42)18-4-17-37(36(45)46-3,30-7-13-33(39)14-8-30)31-9-15-34(40)16-10-31;5-3(6)1-2-4(7)8/h5-16,28,35H,4,17-27H2,1-3H3;1-2H,(H,5,6)(H,7,8)/b;2-1+. The van der Waals surface area contributed by atoms with Crippen molar-refractivity contribution in [1.82, 2.24) is 19.6 Å². The molecule has 10 nitrogen and oxygen atoms in total. The van der Waals surface area contributed by atoms with E-state index in [0.717, 1.165) is 71.0 Å². The van der Waals surface area contributed by atoms with Gasteiger partial charge in [-0.05, 0) is 86.3 Å². The summed E-state index contributed by atoms with van der Waals surface area (Å²) in [7, 11) is 1.35. The number of ether oxygens (including phenoxy) is 1. The highest BCUT2D eigenvalue weighted by Gasteiger charge is 2.43. The number of hydrogen-bond donors (Lipinski definition) is 2. The zero-order valence-electron chi connectivity index (χ0n) is 31.2. The smallest absolute Gasteiger partial charge is 0.328 e. The van der Waals surface area contributed by atoms with Crippen LogP contribution >= 0.6 is 0 Å². The van der Waals surface area contributed by atoms with Crippen LogP contribution in [0.15, 0.2) is 84.9 Å². The molecule has 2 N–H and O–H groups in total. The maximum absolute atomic E-state index is 13.9. The highest BCUT2D eigenvalue weighted by Crippen LogP contribution is 2.39. The van der Waals surface area contributed by atoms with Crippen LogP contribution < -0.4 is 0 Å². The van der Waals surface area contributed by atoms with Gasteiger partial charge in [-0.1, -0.05) is 36.4 Å². The third-order valence-corrected chi connectivity index (χ3v) is 10.3. The van der Waals surface area contributed by atoms with Gasteiger partial charge in [0.05, 0.1) is 7.11 Å². The van der Waals surface area contributed by atoms with Crippen molar-refractivity contribution in [1.29, 1.82) is 0 Å². The molecular formula is C41H51F3N4O6. The van der Waals surface area contributed by atoms with E-state index in [9.17, 15) is 27.6 Å². The van der Waals surface area contributed by atoms with E-state index in [1.54, 1.807) is 36.4 Å². The molecule has 292 valence electrons. The first kappa shape index (κ1) is 42.2. The number of nitrogens with zero attached hydrogens (tertiary/aromatic N) is 4. The Labute approximate surface area is 315 Å². The lowest BCUT2D eigenvalue weighted by Gasteiger charge is -2.44. The fourth-order valence-corrected chi connectivity index (χ4v) is 7.27. The number of methoxy groups -OCH3 is 1. The molecule has 5 rings (SSSR count). The van der Waals surface area contributed by atoms with Gasteiger partial charge < -0.3 is 19.8 Å². The van der Waals surface area contributed by atoms with Crippen molar-refractivity contribution in [2.45, 2.75) is 44.2 Å². The van der Waals surface area contributed by atoms with Gasteiger partial charge in [0, 0.05) is 83.1 Å². The number of carbonyl (C=O) groups is 3. The van der Waals surface area contributed by atoms with Crippen LogP contribution in [0.4, 0.5) is 13.2 Å². The molecule has 3 aromatic carbocycles. The number of esters is 1. The molecule has 0 radical (unpaired) electrons. The monoisotopic (exact) mass is 752 g/mol. The molecule has 54 heavy (non-hydrogen) atoms. The number of hydrogen-bond acceptors (Lipinski definition) is 8. The molecule has 1 unspecified atom stereocenters. The van der Waals surface area contributed by atoms with Crippen LogP contribution in [0.5, 0.6) is 0 Å². The number of rotatable bonds is 14. The average Bonchev–Trinajstić information content (AvgIpc) is 3.16. The summed E-state index contributed by atoms with van der Waals surface area (Å²) >= 11 is 0. The average molecular weight is 753 g/mol. The van der Waals surface area contributed by atoms with Crippen LogP contribution in [0.25, 0.3) is 0 Å². The summed E-state index contributed by atoms with van der Waals surface area (Å²) in [6.07, 6.45) is 2.25. The largest absolute Gasteiger partial charge is 0.478 e. The van der Waals surface area contributed by atoms with Gasteiger partial charge in [0.15, 0.2) is 0 Å². The third kappa shape index (κ3) is 11.7. The first-order chi connectivity index (χ1) is 25.8. The molecule has 1 atom stereocenters. The van der Waals surface area contributed by atoms with Crippen LogP contribution in [0, 0.1) is 17.5 Å². The Hall–Kier alpha value is -4.56. The molecule has 0 saturated carbocycles. The van der Waals surface area contributed by atoms with Crippen molar-refractivity contribution in [3.63, 3.8) is 0 Å². The molecule has 2 fully saturated rings. The van der Waals surface area contributed by atoms with Crippen molar-refractivity contribution in [2.75, 3.05) is 72.6 Å². The number of benzene rings is 3. The predicted molar refractivity (Wildman–Crippen MR) is 200 cm³/mol. The Morgan fingerprint density at radius 3 is 1.54 bits per heavy atom. The molecule has 0 spiro atoms. The Kier molecular flexibility index (Phi) is 15.8. The second-order valence-corrected chi connectivity index (χ2v) is 13.9. The topological polar surface area (TPSA) is 114 Å². The van der Waals surface area contributed by atoms with Gasteiger partial charge in [-0.25, -0.2) is 22.8 Å². The molecule has 0 bridgehead atoms. The quantitative estimate of drug-likeness (QED) is 0.163. The minimum Gasteiger partial charge on any atom is -0.478 e. The van der Waals surface area contributed by atoms with E-state index in [0.29, 0.717) is 42.2 Å². The number of piperazine rings is 2. The number of carbonyl (C=O) groups excluding carboxylic acids is 1. The highest BCUT2D eigenvalue weighted by molar-refractivity contribution is 5.89. The van der Waals surface area contributed by atoms with Gasteiger partial charge in [0.1, 0.15) is 22.9 Å². The molecule has 0 aromatic heterocycles. The lowest BCUT2D eigenvalue weighted by Crippen LogP contribution is -2.53. The first-order valence-corrected chi connectivity index (χ1v) is 18.2. The van der Waals surface area contributed by atoms with Gasteiger partial charge >= 0.3 is 17.9 Å². The normalized spacial score (nSPS) is 16.9. The van der Waals surface area contributed by atoms with Gasteiger partial charge in [-0.15, -0.1) is 0 Å². The summed E-state index contributed by atoms with van der Waals surface area (Å²) in [5.74, 6) is -3.95. The lowest BCUT2D eigenvalue weighted by molar-refractivity contribution is -0.146. The second-order valence-electron chi connectivity index (χ2n) is 13.9. The molecule has 2 heterocycles. The second kappa shape index (κ2) is 20.2. The number of carboxylic acid groups (broad SMARTS) is 2. The third-order valence-electron chi connectivity index (χ3n) is 10.3. The SMILES string of the molecule is COC(=O)C(CCCN1CCN(CC(c2ccc(F)cc2)N2CCN(C(C)C)CC2)CC1)(c1ccc(F)cc1)c1ccc(F)cc1.O=C(O)/C=C/C(=O)O. The van der Waals surface area contributed by atoms with E-state index in [1.165, 1.54) is 31.4 Å². The van der Waals surface area contributed by atoms with E-state index in [4.69, 9.17) is 14.9 Å². The fourth-order valence-electron chi connectivity index (χ4n) is 7.27. The van der Waals surface area contributed by atoms with Crippen LogP contribution in [-0.2, 0) is 24.5 Å². The Balaban J connectivity index is 0.000000730. The summed E-state index contributed by atoms with van der Waals surface area (Å²) in [4.78, 5) is 42.6. The molecule has 0 amide bonds. The van der Waals surface area contributed by atoms with Crippen molar-refractivity contribution in [3.8, 4) is 0 Å². The van der Waals surface area contributed by atoms with Crippen molar-refractivity contribution < 1.29 is 42.5 Å². The molecular weight excluding hydrogens is 701 g/mol. The zero-order valence-corrected chi connectivity index (χ0v) is 31.2. The first-order valence-electron chi connectivity index (χ1n) is 18.2. The summed E-state index contributed by atoms with van der Waals surface area (Å²) in [5, 5.41) is 15.6. The van der Waals surface area contributed by atoms with Crippen LogP contribution in [0.1, 0.15) is 49.4 Å². The Morgan fingerprint density at radius 2 is 1.11 bits per heavy atom. The maximum Gasteiger partial charge on any atom is 0.328 e. The molecule has 0 aliphatic carbocycles. The van der Waals surface area contributed by atoms with E-state index in [-0.39, 0.29) is 23.5 Å². The van der Waals surface area contributed by atoms with Crippen LogP contribution in [-0.4, -0.2) is 126 Å².